The topological polar surface area (TPSA) is 21.3 Å². The Labute approximate surface area is 105 Å². The van der Waals surface area contributed by atoms with Crippen molar-refractivity contribution in [1.82, 2.24) is 5.32 Å². The van der Waals surface area contributed by atoms with Gasteiger partial charge in [0.1, 0.15) is 6.61 Å². The van der Waals surface area contributed by atoms with Gasteiger partial charge in [0.2, 0.25) is 0 Å². The van der Waals surface area contributed by atoms with E-state index in [9.17, 15) is 4.39 Å². The number of benzene rings is 1. The first kappa shape index (κ1) is 12.4. The fraction of sp³-hybridized carbons (Fsp3) is 0.385. The van der Waals surface area contributed by atoms with Gasteiger partial charge in [0.05, 0.1) is 0 Å². The monoisotopic (exact) mass is 255 g/mol. The van der Waals surface area contributed by atoms with Crippen LogP contribution in [0, 0.1) is 5.82 Å². The van der Waals surface area contributed by atoms with Crippen LogP contribution in [0.3, 0.4) is 0 Å². The summed E-state index contributed by atoms with van der Waals surface area (Å²) in [4.78, 5) is 0. The Morgan fingerprint density at radius 2 is 2.29 bits per heavy atom. The molecule has 0 aliphatic heterocycles. The average molecular weight is 256 g/mol. The molecule has 0 spiro atoms. The number of rotatable bonds is 6. The number of nitrogens with one attached hydrogen (secondary N) is 1. The average Bonchev–Trinajstić information content (AvgIpc) is 3.13. The van der Waals surface area contributed by atoms with Crippen LogP contribution in [0.2, 0.25) is 0 Å². The summed E-state index contributed by atoms with van der Waals surface area (Å²) in [6.07, 6.45) is 4.08. The lowest BCUT2D eigenvalue weighted by molar-refractivity contribution is 0.341. The van der Waals surface area contributed by atoms with E-state index in [1.807, 2.05) is 6.07 Å². The van der Waals surface area contributed by atoms with Gasteiger partial charge >= 0.3 is 0 Å². The van der Waals surface area contributed by atoms with E-state index < -0.39 is 0 Å². The van der Waals surface area contributed by atoms with Crippen molar-refractivity contribution >= 4 is 11.6 Å². The minimum Gasteiger partial charge on any atom is -0.486 e. The summed E-state index contributed by atoms with van der Waals surface area (Å²) < 4.78 is 18.8. The highest BCUT2D eigenvalue weighted by Gasteiger charge is 2.20. The zero-order chi connectivity index (χ0) is 12.1. The van der Waals surface area contributed by atoms with E-state index in [1.54, 1.807) is 12.1 Å². The Bertz CT molecular complexity index is 404. The molecule has 2 rings (SSSR count). The maximum Gasteiger partial charge on any atom is 0.165 e. The van der Waals surface area contributed by atoms with Gasteiger partial charge < -0.3 is 10.1 Å². The molecule has 0 aromatic heterocycles. The first-order valence-electron chi connectivity index (χ1n) is 5.69. The molecule has 1 aliphatic rings. The van der Waals surface area contributed by atoms with Crippen molar-refractivity contribution in [3.05, 3.63) is 41.2 Å². The van der Waals surface area contributed by atoms with E-state index in [2.05, 4.69) is 5.32 Å². The molecule has 92 valence electrons. The smallest absolute Gasteiger partial charge is 0.165 e. The van der Waals surface area contributed by atoms with Gasteiger partial charge in [-0.05, 0) is 36.6 Å². The van der Waals surface area contributed by atoms with E-state index >= 15 is 0 Å². The quantitative estimate of drug-likeness (QED) is 0.843. The number of hydrogen-bond donors (Lipinski definition) is 1. The Morgan fingerprint density at radius 1 is 1.47 bits per heavy atom. The minimum atomic E-state index is -0.330. The van der Waals surface area contributed by atoms with Gasteiger partial charge in [-0.15, -0.1) is 0 Å². The van der Waals surface area contributed by atoms with Gasteiger partial charge in [0.25, 0.3) is 0 Å². The Balaban J connectivity index is 1.90. The molecule has 0 unspecified atom stereocenters. The molecular weight excluding hydrogens is 241 g/mol. The lowest BCUT2D eigenvalue weighted by atomic mass is 10.2. The van der Waals surface area contributed by atoms with Crippen LogP contribution >= 0.6 is 11.6 Å². The second-order valence-electron chi connectivity index (χ2n) is 4.09. The van der Waals surface area contributed by atoms with Crippen molar-refractivity contribution in [1.29, 1.82) is 0 Å². The second kappa shape index (κ2) is 6.03. The molecule has 0 amide bonds. The second-order valence-corrected chi connectivity index (χ2v) is 4.34. The standard InChI is InChI=1S/C13H15ClFNO/c14-6-1-7-17-13-5-2-10(8-12(13)15)9-16-11-3-4-11/h1-2,5-6,8,11,16H,3-4,7,9H2/b6-1+. The van der Waals surface area contributed by atoms with Crippen LogP contribution in [0.4, 0.5) is 4.39 Å². The van der Waals surface area contributed by atoms with Crippen molar-refractivity contribution < 1.29 is 9.13 Å². The molecule has 1 aromatic carbocycles. The molecular formula is C13H15ClFNO. The summed E-state index contributed by atoms with van der Waals surface area (Å²) in [7, 11) is 0. The summed E-state index contributed by atoms with van der Waals surface area (Å²) in [6.45, 7) is 0.990. The molecule has 17 heavy (non-hydrogen) atoms. The van der Waals surface area contributed by atoms with Crippen LogP contribution in [0.25, 0.3) is 0 Å². The summed E-state index contributed by atoms with van der Waals surface area (Å²) in [5.74, 6) is -0.0713. The lowest BCUT2D eigenvalue weighted by Crippen LogP contribution is -2.15. The molecule has 1 saturated carbocycles. The fourth-order valence-electron chi connectivity index (χ4n) is 1.50. The number of halogens is 2. The molecule has 0 heterocycles. The first-order chi connectivity index (χ1) is 8.29. The predicted molar refractivity (Wildman–Crippen MR) is 66.7 cm³/mol. The third kappa shape index (κ3) is 4.02. The van der Waals surface area contributed by atoms with E-state index in [0.717, 1.165) is 5.56 Å². The van der Waals surface area contributed by atoms with Gasteiger partial charge in [0.15, 0.2) is 11.6 Å². The molecule has 1 aromatic rings. The van der Waals surface area contributed by atoms with Crippen molar-refractivity contribution in [2.75, 3.05) is 6.61 Å². The molecule has 2 nitrogen and oxygen atoms in total. The molecule has 0 bridgehead atoms. The van der Waals surface area contributed by atoms with Crippen molar-refractivity contribution in [3.63, 3.8) is 0 Å². The van der Waals surface area contributed by atoms with Crippen LogP contribution in [0.1, 0.15) is 18.4 Å². The number of ether oxygens (including phenoxy) is 1. The van der Waals surface area contributed by atoms with Crippen LogP contribution in [-0.4, -0.2) is 12.6 Å². The highest BCUT2D eigenvalue weighted by molar-refractivity contribution is 6.25. The minimum absolute atomic E-state index is 0.259. The summed E-state index contributed by atoms with van der Waals surface area (Å²) in [5.41, 5.74) is 2.29. The first-order valence-corrected chi connectivity index (χ1v) is 6.13. The number of hydrogen-bond acceptors (Lipinski definition) is 2. The molecule has 0 atom stereocenters. The highest BCUT2D eigenvalue weighted by atomic mass is 35.5. The van der Waals surface area contributed by atoms with Crippen molar-refractivity contribution in [3.8, 4) is 5.75 Å². The molecule has 4 heteroatoms. The van der Waals surface area contributed by atoms with Crippen LogP contribution in [0.15, 0.2) is 29.8 Å². The van der Waals surface area contributed by atoms with Crippen LogP contribution < -0.4 is 10.1 Å². The third-order valence-corrected chi connectivity index (χ3v) is 2.77. The third-order valence-electron chi connectivity index (χ3n) is 2.59. The van der Waals surface area contributed by atoms with Gasteiger partial charge in [0, 0.05) is 18.1 Å². The zero-order valence-corrected chi connectivity index (χ0v) is 10.2. The van der Waals surface area contributed by atoms with Gasteiger partial charge in [-0.2, -0.15) is 0 Å². The zero-order valence-electron chi connectivity index (χ0n) is 9.46. The maximum atomic E-state index is 13.6. The van der Waals surface area contributed by atoms with Gasteiger partial charge in [-0.25, -0.2) is 4.39 Å². The normalized spacial score (nSPS) is 15.4. The molecule has 1 fully saturated rings. The van der Waals surface area contributed by atoms with Crippen molar-refractivity contribution in [2.24, 2.45) is 0 Å². The lowest BCUT2D eigenvalue weighted by Gasteiger charge is -2.07. The summed E-state index contributed by atoms with van der Waals surface area (Å²) >= 11 is 5.35. The van der Waals surface area contributed by atoms with E-state index in [-0.39, 0.29) is 18.2 Å². The van der Waals surface area contributed by atoms with Crippen molar-refractivity contribution in [2.45, 2.75) is 25.4 Å². The van der Waals surface area contributed by atoms with E-state index in [4.69, 9.17) is 16.3 Å². The Hall–Kier alpha value is -1.06. The molecule has 0 radical (unpaired) electrons. The molecule has 1 N–H and O–H groups in total. The largest absolute Gasteiger partial charge is 0.486 e. The Morgan fingerprint density at radius 3 is 2.94 bits per heavy atom. The maximum absolute atomic E-state index is 13.6. The molecule has 1 aliphatic carbocycles. The molecule has 0 saturated heterocycles. The SMILES string of the molecule is Fc1cc(CNC2CC2)ccc1OC/C=C/Cl. The van der Waals surface area contributed by atoms with Gasteiger partial charge in [-0.3, -0.25) is 0 Å². The van der Waals surface area contributed by atoms with Crippen LogP contribution in [0.5, 0.6) is 5.75 Å². The highest BCUT2D eigenvalue weighted by Crippen LogP contribution is 2.21. The summed E-state index contributed by atoms with van der Waals surface area (Å²) in [6, 6.07) is 5.66. The fourth-order valence-corrected chi connectivity index (χ4v) is 1.57. The van der Waals surface area contributed by atoms with E-state index in [0.29, 0.717) is 12.6 Å². The van der Waals surface area contributed by atoms with Gasteiger partial charge in [-0.1, -0.05) is 17.7 Å². The predicted octanol–water partition coefficient (Wildman–Crippen LogP) is 3.21. The van der Waals surface area contributed by atoms with E-state index in [1.165, 1.54) is 24.4 Å². The van der Waals surface area contributed by atoms with Crippen LogP contribution in [-0.2, 0) is 6.54 Å². The summed E-state index contributed by atoms with van der Waals surface area (Å²) in [5, 5.41) is 3.34. The Kier molecular flexibility index (Phi) is 4.40.